The highest BCUT2D eigenvalue weighted by atomic mass is 16.5. The van der Waals surface area contributed by atoms with Crippen LogP contribution in [0.3, 0.4) is 0 Å². The van der Waals surface area contributed by atoms with E-state index in [-0.39, 0.29) is 30.0 Å². The molecule has 162 valence electrons. The van der Waals surface area contributed by atoms with Crippen molar-refractivity contribution in [1.29, 1.82) is 0 Å². The van der Waals surface area contributed by atoms with Crippen molar-refractivity contribution in [2.24, 2.45) is 0 Å². The Kier molecular flexibility index (Phi) is 5.26. The highest BCUT2D eigenvalue weighted by Crippen LogP contribution is 2.40. The largest absolute Gasteiger partial charge is 0.507 e. The van der Waals surface area contributed by atoms with Crippen LogP contribution >= 0.6 is 0 Å². The first-order valence-corrected chi connectivity index (χ1v) is 10.1. The molecular weight excluding hydrogens is 408 g/mol. The maximum absolute atomic E-state index is 12.6. The minimum Gasteiger partial charge on any atom is -0.507 e. The van der Waals surface area contributed by atoms with Crippen molar-refractivity contribution in [3.63, 3.8) is 0 Å². The van der Waals surface area contributed by atoms with Gasteiger partial charge in [0.2, 0.25) is 5.78 Å². The zero-order valence-electron chi connectivity index (χ0n) is 18.2. The lowest BCUT2D eigenvalue weighted by molar-refractivity contribution is -0.104. The quantitative estimate of drug-likeness (QED) is 0.209. The molecule has 0 bridgehead atoms. The van der Waals surface area contributed by atoms with E-state index in [1.54, 1.807) is 31.2 Å². The van der Waals surface area contributed by atoms with Gasteiger partial charge in [-0.2, -0.15) is 0 Å². The molecule has 0 spiro atoms. The van der Waals surface area contributed by atoms with E-state index in [0.29, 0.717) is 33.0 Å². The van der Waals surface area contributed by atoms with Gasteiger partial charge in [-0.15, -0.1) is 0 Å². The van der Waals surface area contributed by atoms with Gasteiger partial charge < -0.3 is 14.9 Å². The molecule has 1 heterocycles. The van der Waals surface area contributed by atoms with Gasteiger partial charge in [-0.05, 0) is 56.8 Å². The maximum atomic E-state index is 12.6. The number of hydrogen-bond acceptors (Lipinski definition) is 7. The van der Waals surface area contributed by atoms with E-state index in [1.165, 1.54) is 6.07 Å². The predicted molar refractivity (Wildman–Crippen MR) is 120 cm³/mol. The number of hydrogen-bond donors (Lipinski definition) is 2. The molecule has 0 saturated carbocycles. The fourth-order valence-corrected chi connectivity index (χ4v) is 3.85. The van der Waals surface area contributed by atoms with E-state index in [1.807, 2.05) is 20.8 Å². The third kappa shape index (κ3) is 3.62. The van der Waals surface area contributed by atoms with Gasteiger partial charge in [-0.25, -0.2) is 0 Å². The van der Waals surface area contributed by atoms with Gasteiger partial charge in [-0.3, -0.25) is 19.6 Å². The van der Waals surface area contributed by atoms with Crippen molar-refractivity contribution in [2.75, 3.05) is 0 Å². The summed E-state index contributed by atoms with van der Waals surface area (Å²) in [7, 11) is 0. The number of fused-ring (bicyclic) bond motifs is 2. The molecule has 3 aromatic carbocycles. The number of ketones is 1. The van der Waals surface area contributed by atoms with Gasteiger partial charge in [0.15, 0.2) is 6.29 Å². The second-order valence-electron chi connectivity index (χ2n) is 7.87. The Bertz CT molecular complexity index is 1430. The van der Waals surface area contributed by atoms with Crippen molar-refractivity contribution in [1.82, 2.24) is 9.97 Å². The normalized spacial score (nSPS) is 11.1. The number of ether oxygens (including phenoxy) is 1. The molecule has 2 N–H and O–H groups in total. The van der Waals surface area contributed by atoms with Crippen LogP contribution in [0.1, 0.15) is 38.7 Å². The molecule has 0 aliphatic rings. The van der Waals surface area contributed by atoms with E-state index in [2.05, 4.69) is 9.97 Å². The van der Waals surface area contributed by atoms with Crippen LogP contribution in [0.5, 0.6) is 17.2 Å². The Morgan fingerprint density at radius 2 is 1.47 bits per heavy atom. The van der Waals surface area contributed by atoms with Crippen molar-refractivity contribution in [2.45, 2.75) is 34.3 Å². The molecule has 0 fully saturated rings. The van der Waals surface area contributed by atoms with Crippen LogP contribution in [0.25, 0.3) is 21.5 Å². The zero-order chi connectivity index (χ0) is 23.2. The first-order valence-electron chi connectivity index (χ1n) is 10.1. The highest BCUT2D eigenvalue weighted by molar-refractivity contribution is 6.40. The number of aromatic hydroxyl groups is 2. The number of aromatic nitrogens is 2. The number of rotatable bonds is 5. The Hall–Kier alpha value is -4.00. The van der Waals surface area contributed by atoms with Crippen LogP contribution in [0.15, 0.2) is 30.3 Å². The molecule has 4 rings (SSSR count). The minimum absolute atomic E-state index is 0.0367. The monoisotopic (exact) mass is 430 g/mol. The van der Waals surface area contributed by atoms with Crippen molar-refractivity contribution in [3.05, 3.63) is 64.2 Å². The summed E-state index contributed by atoms with van der Waals surface area (Å²) in [5.41, 5.74) is 3.89. The molecule has 0 atom stereocenters. The summed E-state index contributed by atoms with van der Waals surface area (Å²) in [4.78, 5) is 33.0. The van der Waals surface area contributed by atoms with Gasteiger partial charge in [-0.1, -0.05) is 6.07 Å². The number of aldehydes is 1. The summed E-state index contributed by atoms with van der Waals surface area (Å²) in [5.74, 6) is -0.615. The Morgan fingerprint density at radius 1 is 0.844 bits per heavy atom. The molecule has 7 nitrogen and oxygen atoms in total. The molecule has 7 heteroatoms. The number of carbonyl (C=O) groups is 2. The number of carbonyl (C=O) groups excluding carboxylic acids is 2. The number of benzene rings is 3. The summed E-state index contributed by atoms with van der Waals surface area (Å²) in [6, 6.07) is 7.92. The van der Waals surface area contributed by atoms with E-state index < -0.39 is 5.78 Å². The summed E-state index contributed by atoms with van der Waals surface area (Å²) < 4.78 is 5.87. The van der Waals surface area contributed by atoms with Crippen LogP contribution in [-0.4, -0.2) is 32.3 Å². The van der Waals surface area contributed by atoms with Crippen LogP contribution in [0.2, 0.25) is 0 Å². The van der Waals surface area contributed by atoms with Crippen molar-refractivity contribution < 1.29 is 24.5 Å². The molecule has 0 saturated heterocycles. The maximum Gasteiger partial charge on any atom is 0.226 e. The van der Waals surface area contributed by atoms with E-state index in [0.717, 1.165) is 22.6 Å². The van der Waals surface area contributed by atoms with Gasteiger partial charge >= 0.3 is 0 Å². The third-order valence-electron chi connectivity index (χ3n) is 5.57. The molecule has 0 radical (unpaired) electrons. The number of phenols is 2. The summed E-state index contributed by atoms with van der Waals surface area (Å²) in [6.45, 7) is 7.50. The lowest BCUT2D eigenvalue weighted by Crippen LogP contribution is -2.07. The first-order chi connectivity index (χ1) is 15.2. The van der Waals surface area contributed by atoms with Crippen molar-refractivity contribution >= 4 is 33.6 Å². The molecule has 1 aromatic heterocycles. The van der Waals surface area contributed by atoms with Crippen molar-refractivity contribution in [3.8, 4) is 17.2 Å². The van der Waals surface area contributed by atoms with Gasteiger partial charge in [0.05, 0.1) is 22.8 Å². The van der Waals surface area contributed by atoms with Crippen LogP contribution < -0.4 is 4.74 Å². The van der Waals surface area contributed by atoms with Crippen LogP contribution in [0.4, 0.5) is 0 Å². The first kappa shape index (κ1) is 21.2. The Labute approximate surface area is 184 Å². The fourth-order valence-electron chi connectivity index (χ4n) is 3.85. The summed E-state index contributed by atoms with van der Waals surface area (Å²) in [5, 5.41) is 22.6. The molecule has 4 aromatic rings. The second-order valence-corrected chi connectivity index (χ2v) is 7.87. The van der Waals surface area contributed by atoms with Crippen LogP contribution in [0, 0.1) is 27.7 Å². The lowest BCUT2D eigenvalue weighted by atomic mass is 9.92. The smallest absolute Gasteiger partial charge is 0.226 e. The third-order valence-corrected chi connectivity index (χ3v) is 5.57. The molecule has 0 unspecified atom stereocenters. The molecule has 0 aliphatic carbocycles. The molecular formula is C25H22N2O5. The van der Waals surface area contributed by atoms with E-state index in [4.69, 9.17) is 4.74 Å². The van der Waals surface area contributed by atoms with Gasteiger partial charge in [0.25, 0.3) is 0 Å². The SMILES string of the molecule is Cc1cc(O)c2cc3c(O)cc(OCc4nc(C)c(C)nc4C)cc3c(C(=O)C=O)c2c1. The predicted octanol–water partition coefficient (Wildman–Crippen LogP) is 4.39. The average Bonchev–Trinajstić information content (AvgIpc) is 2.73. The standard InChI is InChI=1S/C25H22N2O5/c1-12-5-19-17(22(29)6-12)9-18-20(25(19)24(31)10-28)7-16(8-23(18)30)32-11-21-15(4)26-13(2)14(3)27-21/h5-10,29-30H,11H2,1-4H3. The molecule has 0 aliphatic heterocycles. The topological polar surface area (TPSA) is 110 Å². The fraction of sp³-hybridized carbons (Fsp3) is 0.200. The summed E-state index contributed by atoms with van der Waals surface area (Å²) >= 11 is 0. The highest BCUT2D eigenvalue weighted by Gasteiger charge is 2.19. The van der Waals surface area contributed by atoms with Gasteiger partial charge in [0, 0.05) is 27.8 Å². The number of Topliss-reactive ketones (excluding diaryl/α,β-unsaturated/α-hetero) is 1. The van der Waals surface area contributed by atoms with E-state index in [9.17, 15) is 19.8 Å². The number of aryl methyl sites for hydroxylation is 4. The van der Waals surface area contributed by atoms with E-state index >= 15 is 0 Å². The number of nitrogens with zero attached hydrogens (tertiary/aromatic N) is 2. The summed E-state index contributed by atoms with van der Waals surface area (Å²) in [6.07, 6.45) is 0.228. The average molecular weight is 430 g/mol. The molecule has 32 heavy (non-hydrogen) atoms. The zero-order valence-corrected chi connectivity index (χ0v) is 18.2. The molecule has 0 amide bonds. The second kappa shape index (κ2) is 7.92. The lowest BCUT2D eigenvalue weighted by Gasteiger charge is -2.15. The number of phenolic OH excluding ortho intramolecular Hbond substituents is 2. The van der Waals surface area contributed by atoms with Gasteiger partial charge in [0.1, 0.15) is 23.9 Å². The Balaban J connectivity index is 1.88. The Morgan fingerprint density at radius 3 is 2.16 bits per heavy atom. The minimum atomic E-state index is -0.752. The van der Waals surface area contributed by atoms with Crippen LogP contribution in [-0.2, 0) is 11.4 Å².